The maximum absolute atomic E-state index is 13.1. The number of anilines is 1. The van der Waals surface area contributed by atoms with Crippen molar-refractivity contribution in [1.82, 2.24) is 10.2 Å². The number of carbonyl (C=O) groups is 3. The Kier molecular flexibility index (Phi) is 8.50. The molecule has 1 saturated heterocycles. The maximum Gasteiger partial charge on any atom is 0.255 e. The van der Waals surface area contributed by atoms with Crippen LogP contribution in [0.1, 0.15) is 51.1 Å². The lowest BCUT2D eigenvalue weighted by atomic mass is 9.95. The normalized spacial score (nSPS) is 13.8. The lowest BCUT2D eigenvalue weighted by Gasteiger charge is -2.31. The lowest BCUT2D eigenvalue weighted by molar-refractivity contribution is -0.126. The molecule has 0 saturated carbocycles. The number of rotatable bonds is 8. The van der Waals surface area contributed by atoms with Crippen molar-refractivity contribution in [1.29, 1.82) is 0 Å². The Hall–Kier alpha value is -3.93. The lowest BCUT2D eigenvalue weighted by Crippen LogP contribution is -2.43. The fourth-order valence-corrected chi connectivity index (χ4v) is 4.58. The van der Waals surface area contributed by atoms with Crippen LogP contribution < -0.4 is 10.6 Å². The summed E-state index contributed by atoms with van der Waals surface area (Å²) in [6.07, 6.45) is 3.16. The molecule has 1 fully saturated rings. The molecule has 0 radical (unpaired) electrons. The molecule has 4 rings (SSSR count). The molecule has 6 heteroatoms. The van der Waals surface area contributed by atoms with E-state index in [2.05, 4.69) is 22.8 Å². The number of amides is 3. The molecule has 36 heavy (non-hydrogen) atoms. The first-order valence-corrected chi connectivity index (χ1v) is 12.6. The number of benzene rings is 3. The van der Waals surface area contributed by atoms with Crippen LogP contribution in [0, 0.1) is 12.8 Å². The van der Waals surface area contributed by atoms with Crippen molar-refractivity contribution in [3.8, 4) is 0 Å². The Balaban J connectivity index is 1.24. The Morgan fingerprint density at radius 3 is 2.36 bits per heavy atom. The Bertz CT molecular complexity index is 1200. The van der Waals surface area contributed by atoms with Gasteiger partial charge < -0.3 is 15.5 Å². The fraction of sp³-hybridized carbons (Fsp3) is 0.300. The molecule has 2 N–H and O–H groups in total. The molecule has 3 aromatic rings. The first kappa shape index (κ1) is 25.2. The minimum Gasteiger partial charge on any atom is -0.356 e. The highest BCUT2D eigenvalue weighted by atomic mass is 16.2. The minimum absolute atomic E-state index is 0.0643. The minimum atomic E-state index is -0.201. The quantitative estimate of drug-likeness (QED) is 0.450. The van der Waals surface area contributed by atoms with Crippen LogP contribution in [0.25, 0.3) is 0 Å². The molecular weight excluding hydrogens is 450 g/mol. The summed E-state index contributed by atoms with van der Waals surface area (Å²) in [6, 6.07) is 24.7. The number of likely N-dealkylation sites (tertiary alicyclic amines) is 1. The monoisotopic (exact) mass is 483 g/mol. The van der Waals surface area contributed by atoms with Crippen LogP contribution in [0.5, 0.6) is 0 Å². The zero-order valence-corrected chi connectivity index (χ0v) is 20.7. The van der Waals surface area contributed by atoms with Crippen molar-refractivity contribution in [3.05, 3.63) is 101 Å². The van der Waals surface area contributed by atoms with E-state index in [1.807, 2.05) is 43.3 Å². The summed E-state index contributed by atoms with van der Waals surface area (Å²) in [4.78, 5) is 40.1. The smallest absolute Gasteiger partial charge is 0.255 e. The van der Waals surface area contributed by atoms with Gasteiger partial charge in [-0.15, -0.1) is 0 Å². The molecule has 3 amide bonds. The van der Waals surface area contributed by atoms with Crippen molar-refractivity contribution in [2.24, 2.45) is 5.92 Å². The van der Waals surface area contributed by atoms with Gasteiger partial charge in [-0.1, -0.05) is 54.6 Å². The maximum atomic E-state index is 13.1. The second-order valence-corrected chi connectivity index (χ2v) is 9.30. The molecule has 6 nitrogen and oxygen atoms in total. The van der Waals surface area contributed by atoms with E-state index in [0.29, 0.717) is 49.3 Å². The van der Waals surface area contributed by atoms with Gasteiger partial charge in [-0.2, -0.15) is 0 Å². The first-order valence-electron chi connectivity index (χ1n) is 12.6. The van der Waals surface area contributed by atoms with E-state index in [0.717, 1.165) is 18.4 Å². The first-order chi connectivity index (χ1) is 17.5. The van der Waals surface area contributed by atoms with E-state index in [1.165, 1.54) is 5.56 Å². The second-order valence-electron chi connectivity index (χ2n) is 9.30. The van der Waals surface area contributed by atoms with E-state index < -0.39 is 0 Å². The van der Waals surface area contributed by atoms with Gasteiger partial charge in [-0.25, -0.2) is 0 Å². The Labute approximate surface area is 212 Å². The third-order valence-corrected chi connectivity index (χ3v) is 6.69. The van der Waals surface area contributed by atoms with Gasteiger partial charge in [0.1, 0.15) is 0 Å². The van der Waals surface area contributed by atoms with Crippen LogP contribution in [0.15, 0.2) is 78.9 Å². The number of aryl methyl sites for hydroxylation is 2. The number of nitrogens with zero attached hydrogens (tertiary/aromatic N) is 1. The largest absolute Gasteiger partial charge is 0.356 e. The Morgan fingerprint density at radius 2 is 1.61 bits per heavy atom. The van der Waals surface area contributed by atoms with Gasteiger partial charge >= 0.3 is 0 Å². The van der Waals surface area contributed by atoms with Crippen LogP contribution in [-0.4, -0.2) is 42.3 Å². The van der Waals surface area contributed by atoms with Crippen molar-refractivity contribution in [2.45, 2.75) is 32.6 Å². The summed E-state index contributed by atoms with van der Waals surface area (Å²) in [6.45, 7) is 3.64. The predicted octanol–water partition coefficient (Wildman–Crippen LogP) is 4.85. The zero-order chi connectivity index (χ0) is 25.3. The number of piperidine rings is 1. The van der Waals surface area contributed by atoms with Gasteiger partial charge in [-0.05, 0) is 68.0 Å². The topological polar surface area (TPSA) is 78.5 Å². The summed E-state index contributed by atoms with van der Waals surface area (Å²) in [7, 11) is 0. The van der Waals surface area contributed by atoms with Crippen molar-refractivity contribution in [3.63, 3.8) is 0 Å². The summed E-state index contributed by atoms with van der Waals surface area (Å²) < 4.78 is 0. The number of hydrogen-bond acceptors (Lipinski definition) is 3. The number of hydrogen-bond donors (Lipinski definition) is 2. The van der Waals surface area contributed by atoms with Crippen molar-refractivity contribution in [2.75, 3.05) is 25.0 Å². The molecule has 0 bridgehead atoms. The van der Waals surface area contributed by atoms with E-state index in [9.17, 15) is 14.4 Å². The zero-order valence-electron chi connectivity index (χ0n) is 20.7. The Morgan fingerprint density at radius 1 is 0.889 bits per heavy atom. The van der Waals surface area contributed by atoms with E-state index in [4.69, 9.17) is 0 Å². The molecule has 1 heterocycles. The average Bonchev–Trinajstić information content (AvgIpc) is 2.91. The summed E-state index contributed by atoms with van der Waals surface area (Å²) in [5, 5.41) is 5.95. The molecular formula is C30H33N3O3. The van der Waals surface area contributed by atoms with E-state index >= 15 is 0 Å². The van der Waals surface area contributed by atoms with Crippen LogP contribution in [0.4, 0.5) is 5.69 Å². The number of carbonyl (C=O) groups excluding carboxylic acids is 3. The van der Waals surface area contributed by atoms with Crippen LogP contribution in [0.3, 0.4) is 0 Å². The molecule has 3 aromatic carbocycles. The SMILES string of the molecule is Cc1ccccc1C(=O)Nc1cccc(C(=O)N2CCC(C(=O)NCCCc3ccccc3)CC2)c1. The number of nitrogens with one attached hydrogen (secondary N) is 2. The predicted molar refractivity (Wildman–Crippen MR) is 142 cm³/mol. The molecule has 0 spiro atoms. The van der Waals surface area contributed by atoms with Crippen LogP contribution in [-0.2, 0) is 11.2 Å². The van der Waals surface area contributed by atoms with Gasteiger partial charge in [0.2, 0.25) is 5.91 Å². The van der Waals surface area contributed by atoms with E-state index in [1.54, 1.807) is 35.2 Å². The van der Waals surface area contributed by atoms with Crippen molar-refractivity contribution < 1.29 is 14.4 Å². The second kappa shape index (κ2) is 12.2. The summed E-state index contributed by atoms with van der Waals surface area (Å²) in [5.74, 6) is -0.265. The highest BCUT2D eigenvalue weighted by molar-refractivity contribution is 6.06. The summed E-state index contributed by atoms with van der Waals surface area (Å²) >= 11 is 0. The third-order valence-electron chi connectivity index (χ3n) is 6.69. The van der Waals surface area contributed by atoms with Gasteiger partial charge in [0.05, 0.1) is 0 Å². The fourth-order valence-electron chi connectivity index (χ4n) is 4.58. The molecule has 0 aromatic heterocycles. The molecule has 1 aliphatic heterocycles. The molecule has 0 unspecified atom stereocenters. The van der Waals surface area contributed by atoms with Crippen LogP contribution >= 0.6 is 0 Å². The van der Waals surface area contributed by atoms with Gasteiger partial charge in [0.25, 0.3) is 11.8 Å². The molecule has 0 aliphatic carbocycles. The molecule has 0 atom stereocenters. The highest BCUT2D eigenvalue weighted by Crippen LogP contribution is 2.21. The average molecular weight is 484 g/mol. The van der Waals surface area contributed by atoms with Crippen molar-refractivity contribution >= 4 is 23.4 Å². The standard InChI is InChI=1S/C30H33N3O3/c1-22-9-5-6-15-27(22)29(35)32-26-14-7-13-25(21-26)30(36)33-19-16-24(17-20-33)28(34)31-18-8-12-23-10-3-2-4-11-23/h2-7,9-11,13-15,21,24H,8,12,16-20H2,1H3,(H,31,34)(H,32,35). The molecule has 186 valence electrons. The van der Waals surface area contributed by atoms with Gasteiger partial charge in [0, 0.05) is 42.4 Å². The van der Waals surface area contributed by atoms with Gasteiger partial charge in [0.15, 0.2) is 0 Å². The third kappa shape index (κ3) is 6.60. The van der Waals surface area contributed by atoms with E-state index in [-0.39, 0.29) is 23.6 Å². The highest BCUT2D eigenvalue weighted by Gasteiger charge is 2.27. The summed E-state index contributed by atoms with van der Waals surface area (Å²) in [5.41, 5.74) is 3.89. The molecule has 1 aliphatic rings. The van der Waals surface area contributed by atoms with Gasteiger partial charge in [-0.3, -0.25) is 14.4 Å². The van der Waals surface area contributed by atoms with Crippen LogP contribution in [0.2, 0.25) is 0 Å².